The van der Waals surface area contributed by atoms with Gasteiger partial charge in [0.1, 0.15) is 9.71 Å². The summed E-state index contributed by atoms with van der Waals surface area (Å²) in [4.78, 5) is 26.0. The number of rotatable bonds is 7. The molecule has 0 unspecified atom stereocenters. The van der Waals surface area contributed by atoms with Crippen LogP contribution in [0.2, 0.25) is 10.0 Å². The molecule has 0 saturated carbocycles. The SMILES string of the molecule is Cc1nn(Cc2c(Cl)cccc2Cl)c2sc(C(=O)OCC(=O)Nc3nnc(-c4ccccc4)o3)cc12. The van der Waals surface area contributed by atoms with Crippen molar-refractivity contribution >= 4 is 62.6 Å². The van der Waals surface area contributed by atoms with Gasteiger partial charge in [0.15, 0.2) is 6.61 Å². The summed E-state index contributed by atoms with van der Waals surface area (Å²) in [6, 6.07) is 16.0. The number of benzene rings is 2. The highest BCUT2D eigenvalue weighted by Crippen LogP contribution is 2.32. The first kappa shape index (κ1) is 24.0. The van der Waals surface area contributed by atoms with E-state index in [0.717, 1.165) is 21.5 Å². The van der Waals surface area contributed by atoms with Gasteiger partial charge in [0.25, 0.3) is 5.91 Å². The van der Waals surface area contributed by atoms with E-state index in [1.807, 2.05) is 25.1 Å². The number of anilines is 1. The second-order valence-corrected chi connectivity index (χ2v) is 9.52. The van der Waals surface area contributed by atoms with Crippen LogP contribution in [0.15, 0.2) is 59.0 Å². The molecule has 5 rings (SSSR count). The summed E-state index contributed by atoms with van der Waals surface area (Å²) in [5.41, 5.74) is 2.19. The van der Waals surface area contributed by atoms with Gasteiger partial charge in [-0.25, -0.2) is 9.48 Å². The van der Waals surface area contributed by atoms with E-state index in [-0.39, 0.29) is 11.9 Å². The fourth-order valence-electron chi connectivity index (χ4n) is 3.48. The zero-order chi connectivity index (χ0) is 25.2. The molecular formula is C24H17Cl2N5O4S. The standard InChI is InChI=1S/C24H17Cl2N5O4S/c1-13-15-10-19(36-22(15)31(30-13)11-16-17(25)8-5-9-18(16)26)23(33)34-12-20(32)27-24-29-28-21(35-24)14-6-3-2-4-7-14/h2-10H,11-12H2,1H3,(H,27,29,32). The van der Waals surface area contributed by atoms with E-state index in [1.165, 1.54) is 11.3 Å². The van der Waals surface area contributed by atoms with Gasteiger partial charge in [-0.05, 0) is 37.3 Å². The van der Waals surface area contributed by atoms with Gasteiger partial charge in [-0.1, -0.05) is 52.6 Å². The maximum absolute atomic E-state index is 12.6. The Hall–Kier alpha value is -3.73. The quantitative estimate of drug-likeness (QED) is 0.266. The molecule has 3 aromatic heterocycles. The van der Waals surface area contributed by atoms with E-state index in [4.69, 9.17) is 32.4 Å². The molecule has 0 spiro atoms. The lowest BCUT2D eigenvalue weighted by atomic mass is 10.2. The number of esters is 1. The molecule has 1 N–H and O–H groups in total. The van der Waals surface area contributed by atoms with E-state index in [0.29, 0.717) is 27.0 Å². The first-order valence-electron chi connectivity index (χ1n) is 10.6. The number of ether oxygens (including phenoxy) is 1. The molecule has 0 radical (unpaired) electrons. The lowest BCUT2D eigenvalue weighted by molar-refractivity contribution is -0.119. The van der Waals surface area contributed by atoms with Crippen molar-refractivity contribution in [1.82, 2.24) is 20.0 Å². The number of carbonyl (C=O) groups is 2. The summed E-state index contributed by atoms with van der Waals surface area (Å²) in [5, 5.41) is 16.5. The molecule has 3 heterocycles. The smallest absolute Gasteiger partial charge is 0.348 e. The van der Waals surface area contributed by atoms with E-state index in [1.54, 1.807) is 41.1 Å². The van der Waals surface area contributed by atoms with Crippen LogP contribution in [0.25, 0.3) is 21.7 Å². The van der Waals surface area contributed by atoms with Gasteiger partial charge in [-0.3, -0.25) is 10.1 Å². The summed E-state index contributed by atoms with van der Waals surface area (Å²) in [6.07, 6.45) is 0. The average Bonchev–Trinajstić information content (AvgIpc) is 3.58. The molecule has 0 saturated heterocycles. The molecule has 5 aromatic rings. The highest BCUT2D eigenvalue weighted by Gasteiger charge is 2.20. The molecule has 182 valence electrons. The number of aromatic nitrogens is 4. The summed E-state index contributed by atoms with van der Waals surface area (Å²) >= 11 is 13.8. The first-order chi connectivity index (χ1) is 17.4. The predicted octanol–water partition coefficient (Wildman–Crippen LogP) is 5.61. The van der Waals surface area contributed by atoms with Crippen LogP contribution in [0.4, 0.5) is 6.01 Å². The Morgan fingerprint density at radius 2 is 1.83 bits per heavy atom. The highest BCUT2D eigenvalue weighted by atomic mass is 35.5. The van der Waals surface area contributed by atoms with Crippen molar-refractivity contribution < 1.29 is 18.7 Å². The van der Waals surface area contributed by atoms with Gasteiger partial charge in [0, 0.05) is 26.6 Å². The van der Waals surface area contributed by atoms with E-state index < -0.39 is 18.5 Å². The number of carbonyl (C=O) groups excluding carboxylic acids is 2. The number of thiophene rings is 1. The molecule has 1 amide bonds. The Morgan fingerprint density at radius 3 is 2.58 bits per heavy atom. The minimum atomic E-state index is -0.636. The van der Waals surface area contributed by atoms with Crippen LogP contribution in [-0.2, 0) is 16.1 Å². The molecule has 9 nitrogen and oxygen atoms in total. The third-order valence-corrected chi connectivity index (χ3v) is 7.04. The fraction of sp³-hybridized carbons (Fsp3) is 0.125. The second kappa shape index (κ2) is 10.1. The minimum absolute atomic E-state index is 0.0919. The summed E-state index contributed by atoms with van der Waals surface area (Å²) < 4.78 is 12.4. The average molecular weight is 542 g/mol. The number of halogens is 2. The van der Waals surface area contributed by atoms with Gasteiger partial charge in [-0.15, -0.1) is 16.4 Å². The molecule has 0 bridgehead atoms. The lowest BCUT2D eigenvalue weighted by Crippen LogP contribution is -2.20. The Kier molecular flexibility index (Phi) is 6.73. The van der Waals surface area contributed by atoms with Crippen LogP contribution in [0.3, 0.4) is 0 Å². The van der Waals surface area contributed by atoms with Gasteiger partial charge >= 0.3 is 12.0 Å². The molecule has 0 aliphatic rings. The third kappa shape index (κ3) is 4.97. The third-order valence-electron chi connectivity index (χ3n) is 5.20. The largest absolute Gasteiger partial charge is 0.451 e. The van der Waals surface area contributed by atoms with Crippen molar-refractivity contribution in [2.24, 2.45) is 0 Å². The lowest BCUT2D eigenvalue weighted by Gasteiger charge is -2.07. The normalized spacial score (nSPS) is 11.1. The first-order valence-corrected chi connectivity index (χ1v) is 12.2. The number of nitrogens with zero attached hydrogens (tertiary/aromatic N) is 4. The Balaban J connectivity index is 1.24. The van der Waals surface area contributed by atoms with Gasteiger partial charge < -0.3 is 9.15 Å². The molecule has 2 aromatic carbocycles. The topological polar surface area (TPSA) is 112 Å². The number of nitrogens with one attached hydrogen (secondary N) is 1. The number of aryl methyl sites for hydroxylation is 1. The highest BCUT2D eigenvalue weighted by molar-refractivity contribution is 7.20. The molecule has 0 aliphatic carbocycles. The van der Waals surface area contributed by atoms with Crippen LogP contribution < -0.4 is 5.32 Å². The summed E-state index contributed by atoms with van der Waals surface area (Å²) in [7, 11) is 0. The van der Waals surface area contributed by atoms with Crippen molar-refractivity contribution in [2.45, 2.75) is 13.5 Å². The number of fused-ring (bicyclic) bond motifs is 1. The number of amides is 1. The fourth-order valence-corrected chi connectivity index (χ4v) is 5.05. The molecular weight excluding hydrogens is 525 g/mol. The van der Waals surface area contributed by atoms with Crippen molar-refractivity contribution in [3.8, 4) is 11.5 Å². The van der Waals surface area contributed by atoms with E-state index in [2.05, 4.69) is 20.6 Å². The zero-order valence-electron chi connectivity index (χ0n) is 18.7. The van der Waals surface area contributed by atoms with Crippen LogP contribution in [-0.4, -0.2) is 38.5 Å². The van der Waals surface area contributed by atoms with Crippen LogP contribution in [0, 0.1) is 6.92 Å². The van der Waals surface area contributed by atoms with Crippen LogP contribution >= 0.6 is 34.5 Å². The molecule has 0 fully saturated rings. The molecule has 12 heteroatoms. The van der Waals surface area contributed by atoms with Crippen molar-refractivity contribution in [2.75, 3.05) is 11.9 Å². The van der Waals surface area contributed by atoms with Crippen LogP contribution in [0.1, 0.15) is 20.9 Å². The molecule has 36 heavy (non-hydrogen) atoms. The summed E-state index contributed by atoms with van der Waals surface area (Å²) in [5.74, 6) is -0.984. The van der Waals surface area contributed by atoms with E-state index in [9.17, 15) is 9.59 Å². The Morgan fingerprint density at radius 1 is 1.08 bits per heavy atom. The number of hydrogen-bond acceptors (Lipinski definition) is 8. The molecule has 0 aliphatic heterocycles. The van der Waals surface area contributed by atoms with E-state index >= 15 is 0 Å². The maximum atomic E-state index is 12.6. The van der Waals surface area contributed by atoms with Gasteiger partial charge in [-0.2, -0.15) is 5.10 Å². The van der Waals surface area contributed by atoms with Crippen molar-refractivity contribution in [3.63, 3.8) is 0 Å². The zero-order valence-corrected chi connectivity index (χ0v) is 21.0. The Bertz CT molecular complexity index is 1560. The van der Waals surface area contributed by atoms with Crippen molar-refractivity contribution in [3.05, 3.63) is 80.8 Å². The van der Waals surface area contributed by atoms with Gasteiger partial charge in [0.05, 0.1) is 12.2 Å². The summed E-state index contributed by atoms with van der Waals surface area (Å²) in [6.45, 7) is 1.67. The van der Waals surface area contributed by atoms with Crippen LogP contribution in [0.5, 0.6) is 0 Å². The predicted molar refractivity (Wildman–Crippen MR) is 137 cm³/mol. The van der Waals surface area contributed by atoms with Gasteiger partial charge in [0.2, 0.25) is 5.89 Å². The Labute approximate surface area is 218 Å². The van der Waals surface area contributed by atoms with Crippen molar-refractivity contribution in [1.29, 1.82) is 0 Å². The minimum Gasteiger partial charge on any atom is -0.451 e. The maximum Gasteiger partial charge on any atom is 0.348 e. The second-order valence-electron chi connectivity index (χ2n) is 7.68. The molecule has 0 atom stereocenters. The number of hydrogen-bond donors (Lipinski definition) is 1. The monoisotopic (exact) mass is 541 g/mol.